The molecule has 6 nitrogen and oxygen atoms in total. The third kappa shape index (κ3) is 5.81. The molecule has 0 aromatic rings. The van der Waals surface area contributed by atoms with Crippen molar-refractivity contribution in [2.75, 3.05) is 13.8 Å². The Hall–Kier alpha value is -1.41. The van der Waals surface area contributed by atoms with Crippen molar-refractivity contribution in [3.05, 3.63) is 23.8 Å². The number of alkyl halides is 1. The van der Waals surface area contributed by atoms with Crippen molar-refractivity contribution in [3.8, 4) is 0 Å². The number of rotatable bonds is 3. The first kappa shape index (κ1) is 27.8. The standard InChI is InChI=1S/C22H30O4.C3H8O2.CH3F/c1-21-8-7-15(24)9-13(21)3-5-17-18-6-4-14(10-16(25)12-23)22(18,2)11-19(26)20(17)21;1-3(2,4)5;1-2/h7-9,14,17-20,23,26H,3-6,10-12H2,1-2H3;4-5H,1-2H3;1H3. The number of ketones is 2. The average Bonchev–Trinajstić information content (AvgIpc) is 3.04. The van der Waals surface area contributed by atoms with E-state index in [2.05, 4.69) is 13.8 Å². The molecule has 4 N–H and O–H groups in total. The van der Waals surface area contributed by atoms with Crippen LogP contribution in [0.1, 0.15) is 66.2 Å². The van der Waals surface area contributed by atoms with E-state index in [0.717, 1.165) is 25.7 Å². The summed E-state index contributed by atoms with van der Waals surface area (Å²) in [6.45, 7) is 6.66. The van der Waals surface area contributed by atoms with Gasteiger partial charge in [0.15, 0.2) is 17.4 Å². The number of aliphatic hydroxyl groups excluding tert-OH is 2. The van der Waals surface area contributed by atoms with E-state index in [1.165, 1.54) is 19.4 Å². The lowest BCUT2D eigenvalue weighted by Crippen LogP contribution is -2.55. The third-order valence-corrected chi connectivity index (χ3v) is 8.34. The van der Waals surface area contributed by atoms with E-state index in [1.807, 2.05) is 6.08 Å². The number of carbonyl (C=O) groups excluding carboxylic acids is 2. The molecule has 7 heteroatoms. The van der Waals surface area contributed by atoms with E-state index < -0.39 is 11.9 Å². The smallest absolute Gasteiger partial charge is 0.178 e. The Morgan fingerprint density at radius 2 is 1.79 bits per heavy atom. The van der Waals surface area contributed by atoms with Gasteiger partial charge in [-0.25, -0.2) is 0 Å². The maximum Gasteiger partial charge on any atom is 0.178 e. The van der Waals surface area contributed by atoms with Gasteiger partial charge in [0.1, 0.15) is 6.61 Å². The highest BCUT2D eigenvalue weighted by Gasteiger charge is 2.61. The van der Waals surface area contributed by atoms with E-state index >= 15 is 0 Å². The van der Waals surface area contributed by atoms with Gasteiger partial charge in [0.25, 0.3) is 0 Å². The van der Waals surface area contributed by atoms with Crippen LogP contribution in [0.2, 0.25) is 0 Å². The number of Topliss-reactive ketones (excluding diaryl/α,β-unsaturated/α-hetero) is 1. The lowest BCUT2D eigenvalue weighted by Gasteiger charge is -2.58. The number of hydrogen-bond acceptors (Lipinski definition) is 6. The van der Waals surface area contributed by atoms with Crippen molar-refractivity contribution >= 4 is 11.6 Å². The average molecular weight is 469 g/mol. The fourth-order valence-corrected chi connectivity index (χ4v) is 7.10. The SMILES string of the molecule is CC(C)(O)O.CC12C=CC(=O)C=C1CCC1C2C(O)CC2(C)C(CC(=O)CO)CCC12.CF. The van der Waals surface area contributed by atoms with Gasteiger partial charge in [-0.15, -0.1) is 0 Å². The van der Waals surface area contributed by atoms with Crippen LogP contribution >= 0.6 is 0 Å². The Bertz CT molecular complexity index is 778. The molecule has 33 heavy (non-hydrogen) atoms. The minimum absolute atomic E-state index is 0.0306. The molecule has 7 unspecified atom stereocenters. The summed E-state index contributed by atoms with van der Waals surface area (Å²) in [6.07, 6.45) is 10.3. The van der Waals surface area contributed by atoms with Crippen LogP contribution in [0.25, 0.3) is 0 Å². The van der Waals surface area contributed by atoms with Crippen LogP contribution in [-0.2, 0) is 9.59 Å². The topological polar surface area (TPSA) is 115 Å². The highest BCUT2D eigenvalue weighted by Crippen LogP contribution is 2.66. The summed E-state index contributed by atoms with van der Waals surface area (Å²) in [5.41, 5.74) is 0.923. The normalized spacial score (nSPS) is 39.0. The van der Waals surface area contributed by atoms with E-state index in [1.54, 1.807) is 12.2 Å². The maximum absolute atomic E-state index is 11.9. The molecule has 0 saturated heterocycles. The molecule has 0 radical (unpaired) electrons. The molecule has 188 valence electrons. The Morgan fingerprint density at radius 3 is 2.36 bits per heavy atom. The first-order chi connectivity index (χ1) is 15.3. The van der Waals surface area contributed by atoms with Gasteiger partial charge >= 0.3 is 0 Å². The minimum atomic E-state index is -1.50. The van der Waals surface area contributed by atoms with E-state index in [9.17, 15) is 19.1 Å². The monoisotopic (exact) mass is 468 g/mol. The molecule has 4 aliphatic carbocycles. The second-order valence-corrected chi connectivity index (χ2v) is 11.0. The van der Waals surface area contributed by atoms with E-state index in [4.69, 9.17) is 15.3 Å². The van der Waals surface area contributed by atoms with Gasteiger partial charge in [0, 0.05) is 17.8 Å². The number of allylic oxidation sites excluding steroid dienone is 4. The molecule has 4 aliphatic rings. The molecule has 7 atom stereocenters. The van der Waals surface area contributed by atoms with Gasteiger partial charge in [-0.05, 0) is 81.3 Å². The lowest BCUT2D eigenvalue weighted by molar-refractivity contribution is -0.130. The molecule has 0 heterocycles. The molecule has 0 aromatic carbocycles. The van der Waals surface area contributed by atoms with Crippen molar-refractivity contribution in [1.82, 2.24) is 0 Å². The zero-order valence-electron chi connectivity index (χ0n) is 20.6. The molecule has 0 aliphatic heterocycles. The van der Waals surface area contributed by atoms with Crippen molar-refractivity contribution in [3.63, 3.8) is 0 Å². The molecule has 0 bridgehead atoms. The number of fused-ring (bicyclic) bond motifs is 5. The summed E-state index contributed by atoms with van der Waals surface area (Å²) in [4.78, 5) is 23.7. The van der Waals surface area contributed by atoms with Crippen LogP contribution in [0.3, 0.4) is 0 Å². The fraction of sp³-hybridized carbons (Fsp3) is 0.769. The molecule has 0 aromatic heterocycles. The second-order valence-electron chi connectivity index (χ2n) is 11.0. The van der Waals surface area contributed by atoms with Gasteiger partial charge in [-0.3, -0.25) is 14.0 Å². The quantitative estimate of drug-likeness (QED) is 0.473. The van der Waals surface area contributed by atoms with Gasteiger partial charge in [-0.2, -0.15) is 0 Å². The van der Waals surface area contributed by atoms with Crippen molar-refractivity contribution in [1.29, 1.82) is 0 Å². The Morgan fingerprint density at radius 1 is 1.18 bits per heavy atom. The van der Waals surface area contributed by atoms with Gasteiger partial charge in [0.2, 0.25) is 0 Å². The summed E-state index contributed by atoms with van der Waals surface area (Å²) < 4.78 is 9.50. The number of halogens is 1. The molecule has 0 amide bonds. The lowest BCUT2D eigenvalue weighted by atomic mass is 9.46. The first-order valence-electron chi connectivity index (χ1n) is 11.9. The minimum Gasteiger partial charge on any atom is -0.393 e. The molecular formula is C26H41FO6. The third-order valence-electron chi connectivity index (χ3n) is 8.34. The number of hydrogen-bond donors (Lipinski definition) is 4. The summed E-state index contributed by atoms with van der Waals surface area (Å²) in [5.74, 6) is -0.166. The zero-order valence-corrected chi connectivity index (χ0v) is 20.6. The van der Waals surface area contributed by atoms with Crippen molar-refractivity contribution in [2.24, 2.45) is 34.5 Å². The van der Waals surface area contributed by atoms with E-state index in [0.29, 0.717) is 31.9 Å². The van der Waals surface area contributed by atoms with Crippen LogP contribution < -0.4 is 0 Å². The number of carbonyl (C=O) groups is 2. The first-order valence-corrected chi connectivity index (χ1v) is 11.9. The molecule has 4 rings (SSSR count). The van der Waals surface area contributed by atoms with Crippen LogP contribution in [-0.4, -0.2) is 57.7 Å². The second kappa shape index (κ2) is 10.5. The largest absolute Gasteiger partial charge is 0.393 e. The predicted molar refractivity (Wildman–Crippen MR) is 124 cm³/mol. The van der Waals surface area contributed by atoms with Gasteiger partial charge in [-0.1, -0.05) is 25.5 Å². The summed E-state index contributed by atoms with van der Waals surface area (Å²) in [5, 5.41) is 36.5. The van der Waals surface area contributed by atoms with Crippen molar-refractivity contribution < 1.29 is 34.4 Å². The Labute approximate surface area is 196 Å². The fourth-order valence-electron chi connectivity index (χ4n) is 7.10. The van der Waals surface area contributed by atoms with Crippen LogP contribution in [0.5, 0.6) is 0 Å². The zero-order chi connectivity index (χ0) is 25.2. The Kier molecular flexibility index (Phi) is 8.83. The summed E-state index contributed by atoms with van der Waals surface area (Å²) in [6, 6.07) is 0. The highest BCUT2D eigenvalue weighted by atomic mass is 19.1. The maximum atomic E-state index is 11.9. The predicted octanol–water partition coefficient (Wildman–Crippen LogP) is 3.13. The van der Waals surface area contributed by atoms with Crippen molar-refractivity contribution in [2.45, 2.75) is 78.1 Å². The summed E-state index contributed by atoms with van der Waals surface area (Å²) >= 11 is 0. The van der Waals surface area contributed by atoms with Gasteiger partial charge < -0.3 is 20.4 Å². The molecular weight excluding hydrogens is 427 g/mol. The molecule has 0 spiro atoms. The van der Waals surface area contributed by atoms with Crippen LogP contribution in [0, 0.1) is 34.5 Å². The Balaban J connectivity index is 0.000000489. The summed E-state index contributed by atoms with van der Waals surface area (Å²) in [7, 11) is 0.500. The van der Waals surface area contributed by atoms with Gasteiger partial charge in [0.05, 0.1) is 13.3 Å². The van der Waals surface area contributed by atoms with Crippen LogP contribution in [0.15, 0.2) is 23.8 Å². The molecule has 3 saturated carbocycles. The highest BCUT2D eigenvalue weighted by molar-refractivity contribution is 6.01. The molecule has 3 fully saturated rings. The number of aliphatic hydroxyl groups is 4. The van der Waals surface area contributed by atoms with E-state index in [-0.39, 0.29) is 40.8 Å². The van der Waals surface area contributed by atoms with Crippen LogP contribution in [0.4, 0.5) is 4.39 Å².